The van der Waals surface area contributed by atoms with Crippen molar-refractivity contribution >= 4 is 0 Å². The van der Waals surface area contributed by atoms with Gasteiger partial charge in [-0.2, -0.15) is 0 Å². The van der Waals surface area contributed by atoms with Crippen LogP contribution in [0.3, 0.4) is 0 Å². The highest BCUT2D eigenvalue weighted by molar-refractivity contribution is 4.98. The van der Waals surface area contributed by atoms with Crippen molar-refractivity contribution in [3.05, 3.63) is 0 Å². The highest BCUT2D eigenvalue weighted by Crippen LogP contribution is 2.30. The summed E-state index contributed by atoms with van der Waals surface area (Å²) < 4.78 is 5.07. The summed E-state index contributed by atoms with van der Waals surface area (Å²) in [5.74, 6) is 0. The SMILES string of the molecule is C[C@]1(CO)O[C@H](CO)C(O)C1O. The number of aliphatic hydroxyl groups excluding tert-OH is 4. The van der Waals surface area contributed by atoms with Crippen LogP contribution >= 0.6 is 0 Å². The highest BCUT2D eigenvalue weighted by atomic mass is 16.6. The van der Waals surface area contributed by atoms with E-state index in [9.17, 15) is 10.2 Å². The van der Waals surface area contributed by atoms with E-state index in [0.717, 1.165) is 0 Å². The second-order valence-corrected chi connectivity index (χ2v) is 3.25. The van der Waals surface area contributed by atoms with Gasteiger partial charge in [-0.3, -0.25) is 0 Å². The van der Waals surface area contributed by atoms with Crippen molar-refractivity contribution in [2.24, 2.45) is 0 Å². The molecule has 0 bridgehead atoms. The lowest BCUT2D eigenvalue weighted by Gasteiger charge is -2.24. The standard InChI is InChI=1S/C7H14O5/c1-7(3-9)6(11)5(10)4(2-8)12-7/h4-6,8-11H,2-3H2,1H3/t4-,5?,6?,7-/m1/s1. The lowest BCUT2D eigenvalue weighted by atomic mass is 9.98. The van der Waals surface area contributed by atoms with Gasteiger partial charge in [0.25, 0.3) is 0 Å². The molecule has 0 saturated carbocycles. The van der Waals surface area contributed by atoms with E-state index in [4.69, 9.17) is 14.9 Å². The molecule has 0 radical (unpaired) electrons. The Bertz CT molecular complexity index is 162. The lowest BCUT2D eigenvalue weighted by Crippen LogP contribution is -2.43. The van der Waals surface area contributed by atoms with E-state index in [-0.39, 0.29) is 13.2 Å². The second-order valence-electron chi connectivity index (χ2n) is 3.25. The maximum Gasteiger partial charge on any atom is 0.117 e. The van der Waals surface area contributed by atoms with E-state index >= 15 is 0 Å². The third-order valence-corrected chi connectivity index (χ3v) is 2.24. The van der Waals surface area contributed by atoms with Crippen LogP contribution in [0.5, 0.6) is 0 Å². The molecule has 1 heterocycles. The fraction of sp³-hybridized carbons (Fsp3) is 1.00. The summed E-state index contributed by atoms with van der Waals surface area (Å²) in [6.07, 6.45) is -3.09. The van der Waals surface area contributed by atoms with Crippen molar-refractivity contribution in [3.8, 4) is 0 Å². The van der Waals surface area contributed by atoms with E-state index in [1.807, 2.05) is 0 Å². The highest BCUT2D eigenvalue weighted by Gasteiger charge is 2.50. The molecule has 1 aliphatic rings. The van der Waals surface area contributed by atoms with Crippen LogP contribution in [0.1, 0.15) is 6.92 Å². The van der Waals surface area contributed by atoms with Crippen molar-refractivity contribution < 1.29 is 25.2 Å². The molecule has 1 aliphatic heterocycles. The van der Waals surface area contributed by atoms with Gasteiger partial charge in [0.05, 0.1) is 13.2 Å². The summed E-state index contributed by atoms with van der Waals surface area (Å²) in [4.78, 5) is 0. The molecule has 1 fully saturated rings. The minimum Gasteiger partial charge on any atom is -0.394 e. The fourth-order valence-electron chi connectivity index (χ4n) is 1.33. The first-order valence-corrected chi connectivity index (χ1v) is 3.81. The van der Waals surface area contributed by atoms with Gasteiger partial charge < -0.3 is 25.2 Å². The van der Waals surface area contributed by atoms with Gasteiger partial charge in [-0.15, -0.1) is 0 Å². The second kappa shape index (κ2) is 3.27. The van der Waals surface area contributed by atoms with Crippen LogP contribution in [0, 0.1) is 0 Å². The average molecular weight is 178 g/mol. The molecule has 4 atom stereocenters. The predicted molar refractivity (Wildman–Crippen MR) is 39.5 cm³/mol. The molecule has 0 aromatic carbocycles. The Balaban J connectivity index is 2.72. The summed E-state index contributed by atoms with van der Waals surface area (Å²) in [5, 5.41) is 36.2. The van der Waals surface area contributed by atoms with Gasteiger partial charge in [-0.05, 0) is 6.92 Å². The molecular formula is C7H14O5. The van der Waals surface area contributed by atoms with E-state index in [0.29, 0.717) is 0 Å². The normalized spacial score (nSPS) is 48.2. The van der Waals surface area contributed by atoms with Gasteiger partial charge in [-0.25, -0.2) is 0 Å². The molecule has 5 nitrogen and oxygen atoms in total. The maximum absolute atomic E-state index is 9.37. The van der Waals surface area contributed by atoms with E-state index in [2.05, 4.69) is 0 Å². The number of hydrogen-bond donors (Lipinski definition) is 4. The van der Waals surface area contributed by atoms with Crippen LogP contribution in [0.2, 0.25) is 0 Å². The third kappa shape index (κ3) is 1.34. The summed E-state index contributed by atoms with van der Waals surface area (Å²) in [7, 11) is 0. The summed E-state index contributed by atoms with van der Waals surface area (Å²) in [6.45, 7) is 0.728. The molecule has 0 amide bonds. The first kappa shape index (κ1) is 9.88. The molecule has 0 aliphatic carbocycles. The van der Waals surface area contributed by atoms with E-state index < -0.39 is 23.9 Å². The molecule has 5 heteroatoms. The fourth-order valence-corrected chi connectivity index (χ4v) is 1.33. The number of aliphatic hydroxyl groups is 4. The zero-order valence-corrected chi connectivity index (χ0v) is 6.84. The number of ether oxygens (including phenoxy) is 1. The molecule has 4 N–H and O–H groups in total. The van der Waals surface area contributed by atoms with E-state index in [1.54, 1.807) is 0 Å². The summed E-state index contributed by atoms with van der Waals surface area (Å²) in [6, 6.07) is 0. The van der Waals surface area contributed by atoms with Crippen LogP contribution in [-0.2, 0) is 4.74 Å². The molecule has 0 spiro atoms. The third-order valence-electron chi connectivity index (χ3n) is 2.24. The average Bonchev–Trinajstić information content (AvgIpc) is 2.31. The summed E-state index contributed by atoms with van der Waals surface area (Å²) in [5.41, 5.74) is -1.16. The topological polar surface area (TPSA) is 90.2 Å². The Hall–Kier alpha value is -0.200. The molecular weight excluding hydrogens is 164 g/mol. The smallest absolute Gasteiger partial charge is 0.117 e. The van der Waals surface area contributed by atoms with Crippen LogP contribution in [-0.4, -0.2) is 57.6 Å². The van der Waals surface area contributed by atoms with Crippen LogP contribution in [0.4, 0.5) is 0 Å². The molecule has 2 unspecified atom stereocenters. The molecule has 1 saturated heterocycles. The maximum atomic E-state index is 9.37. The predicted octanol–water partition coefficient (Wildman–Crippen LogP) is -2.15. The van der Waals surface area contributed by atoms with Crippen molar-refractivity contribution in [2.75, 3.05) is 13.2 Å². The minimum atomic E-state index is -1.16. The zero-order valence-electron chi connectivity index (χ0n) is 6.84. The van der Waals surface area contributed by atoms with E-state index in [1.165, 1.54) is 6.92 Å². The Kier molecular flexibility index (Phi) is 2.70. The first-order valence-electron chi connectivity index (χ1n) is 3.81. The quantitative estimate of drug-likeness (QED) is 0.387. The Labute approximate surface area is 70.2 Å². The Morgan fingerprint density at radius 1 is 1.33 bits per heavy atom. The van der Waals surface area contributed by atoms with Crippen molar-refractivity contribution in [1.82, 2.24) is 0 Å². The Morgan fingerprint density at radius 3 is 2.17 bits per heavy atom. The zero-order chi connectivity index (χ0) is 9.35. The van der Waals surface area contributed by atoms with Gasteiger partial charge in [0, 0.05) is 0 Å². The van der Waals surface area contributed by atoms with Crippen LogP contribution in [0.25, 0.3) is 0 Å². The van der Waals surface area contributed by atoms with Gasteiger partial charge in [0.1, 0.15) is 23.9 Å². The van der Waals surface area contributed by atoms with Gasteiger partial charge in [0.2, 0.25) is 0 Å². The largest absolute Gasteiger partial charge is 0.394 e. The van der Waals surface area contributed by atoms with Crippen molar-refractivity contribution in [1.29, 1.82) is 0 Å². The molecule has 12 heavy (non-hydrogen) atoms. The first-order chi connectivity index (χ1) is 5.55. The molecule has 1 rings (SSSR count). The number of hydrogen-bond acceptors (Lipinski definition) is 5. The van der Waals surface area contributed by atoms with Gasteiger partial charge in [-0.1, -0.05) is 0 Å². The van der Waals surface area contributed by atoms with Crippen LogP contribution in [0.15, 0.2) is 0 Å². The monoisotopic (exact) mass is 178 g/mol. The van der Waals surface area contributed by atoms with Gasteiger partial charge in [0.15, 0.2) is 0 Å². The van der Waals surface area contributed by atoms with Crippen molar-refractivity contribution in [3.63, 3.8) is 0 Å². The summed E-state index contributed by atoms with van der Waals surface area (Å²) >= 11 is 0. The molecule has 0 aromatic rings. The molecule has 0 aromatic heterocycles. The van der Waals surface area contributed by atoms with Gasteiger partial charge >= 0.3 is 0 Å². The lowest BCUT2D eigenvalue weighted by molar-refractivity contribution is -0.106. The van der Waals surface area contributed by atoms with Crippen molar-refractivity contribution in [2.45, 2.75) is 30.8 Å². The van der Waals surface area contributed by atoms with Crippen LogP contribution < -0.4 is 0 Å². The Morgan fingerprint density at radius 2 is 1.92 bits per heavy atom. The number of rotatable bonds is 2. The molecule has 72 valence electrons. The minimum absolute atomic E-state index is 0.367.